The number of hydrogen-bond acceptors (Lipinski definition) is 9. The number of nitrogens with one attached hydrogen (secondary N) is 2. The number of halogens is 3. The van der Waals surface area contributed by atoms with Crippen LogP contribution < -0.4 is 15.6 Å². The molecule has 2 aliphatic heterocycles. The number of hydrazone groups is 1. The molecule has 0 amide bonds. The number of anilines is 2. The number of likely N-dealkylation sites (N-methyl/N-ethyl adjacent to an activating group) is 2. The van der Waals surface area contributed by atoms with Gasteiger partial charge in [-0.25, -0.2) is 15.0 Å². The highest BCUT2D eigenvalue weighted by molar-refractivity contribution is 5.88. The summed E-state index contributed by atoms with van der Waals surface area (Å²) >= 11 is 0. The van der Waals surface area contributed by atoms with Gasteiger partial charge in [0.05, 0.1) is 29.2 Å². The van der Waals surface area contributed by atoms with E-state index in [1.165, 1.54) is 12.4 Å². The highest BCUT2D eigenvalue weighted by Crippen LogP contribution is 2.31. The van der Waals surface area contributed by atoms with E-state index in [0.717, 1.165) is 37.0 Å². The predicted octanol–water partition coefficient (Wildman–Crippen LogP) is 3.47. The zero-order valence-electron chi connectivity index (χ0n) is 20.4. The van der Waals surface area contributed by atoms with Crippen LogP contribution in [0.25, 0.3) is 5.57 Å². The van der Waals surface area contributed by atoms with Crippen LogP contribution in [0.3, 0.4) is 0 Å². The fourth-order valence-corrected chi connectivity index (χ4v) is 4.06. The van der Waals surface area contributed by atoms with E-state index in [2.05, 4.69) is 54.2 Å². The molecule has 1 fully saturated rings. The van der Waals surface area contributed by atoms with Crippen LogP contribution in [0.5, 0.6) is 0 Å². The first-order valence-corrected chi connectivity index (χ1v) is 11.5. The van der Waals surface area contributed by atoms with Crippen molar-refractivity contribution in [2.75, 3.05) is 37.4 Å². The Bertz CT molecular complexity index is 1290. The second kappa shape index (κ2) is 10.8. The van der Waals surface area contributed by atoms with Crippen LogP contribution in [-0.4, -0.2) is 65.5 Å². The van der Waals surface area contributed by atoms with Crippen molar-refractivity contribution in [2.45, 2.75) is 25.2 Å². The van der Waals surface area contributed by atoms with E-state index in [4.69, 9.17) is 0 Å². The molecule has 0 aromatic carbocycles. The molecule has 192 valence electrons. The van der Waals surface area contributed by atoms with Gasteiger partial charge in [-0.3, -0.25) is 5.43 Å². The second-order valence-electron chi connectivity index (χ2n) is 8.83. The highest BCUT2D eigenvalue weighted by atomic mass is 19.4. The molecule has 1 atom stereocenters. The van der Waals surface area contributed by atoms with Gasteiger partial charge in [0.2, 0.25) is 5.95 Å². The van der Waals surface area contributed by atoms with Crippen LogP contribution in [-0.2, 0) is 6.54 Å². The van der Waals surface area contributed by atoms with Crippen molar-refractivity contribution in [2.24, 2.45) is 5.10 Å². The van der Waals surface area contributed by atoms with Crippen LogP contribution in [0.15, 0.2) is 59.6 Å². The van der Waals surface area contributed by atoms with Gasteiger partial charge < -0.3 is 15.1 Å². The van der Waals surface area contributed by atoms with Gasteiger partial charge in [-0.15, -0.1) is 0 Å². The number of allylic oxidation sites excluding steroid dienone is 4. The lowest BCUT2D eigenvalue weighted by Gasteiger charge is -2.25. The van der Waals surface area contributed by atoms with E-state index >= 15 is 0 Å². The molecule has 0 bridgehead atoms. The summed E-state index contributed by atoms with van der Waals surface area (Å²) in [5.74, 6) is 1.08. The zero-order chi connectivity index (χ0) is 26.6. The first kappa shape index (κ1) is 25.8. The Kier molecular flexibility index (Phi) is 7.54. The topological polar surface area (TPSA) is 105 Å². The third-order valence-corrected chi connectivity index (χ3v) is 6.19. The Morgan fingerprint density at radius 1 is 1.30 bits per heavy atom. The molecule has 2 aromatic rings. The Morgan fingerprint density at radius 3 is 2.76 bits per heavy atom. The van der Waals surface area contributed by atoms with Crippen LogP contribution >= 0.6 is 0 Å². The Morgan fingerprint density at radius 2 is 2.11 bits per heavy atom. The molecule has 1 saturated heterocycles. The number of likely N-dealkylation sites (tertiary alicyclic amines) is 1. The normalized spacial score (nSPS) is 20.5. The van der Waals surface area contributed by atoms with E-state index in [1.807, 2.05) is 25.2 Å². The van der Waals surface area contributed by atoms with Gasteiger partial charge in [0.1, 0.15) is 11.9 Å². The summed E-state index contributed by atoms with van der Waals surface area (Å²) in [7, 11) is 4.15. The van der Waals surface area contributed by atoms with Gasteiger partial charge in [-0.2, -0.15) is 23.5 Å². The maximum Gasteiger partial charge on any atom is 0.417 e. The van der Waals surface area contributed by atoms with Crippen molar-refractivity contribution in [1.29, 1.82) is 5.26 Å². The van der Waals surface area contributed by atoms with E-state index in [-0.39, 0.29) is 28.4 Å². The molecule has 2 aromatic heterocycles. The molecule has 37 heavy (non-hydrogen) atoms. The van der Waals surface area contributed by atoms with E-state index in [1.54, 1.807) is 6.20 Å². The van der Waals surface area contributed by atoms with Gasteiger partial charge in [-0.05, 0) is 43.3 Å². The summed E-state index contributed by atoms with van der Waals surface area (Å²) in [5, 5.41) is 16.2. The van der Waals surface area contributed by atoms with Crippen molar-refractivity contribution in [3.05, 3.63) is 71.3 Å². The fraction of sp³-hybridized carbons (Fsp3) is 0.320. The lowest BCUT2D eigenvalue weighted by molar-refractivity contribution is -0.0856. The molecule has 0 radical (unpaired) electrons. The summed E-state index contributed by atoms with van der Waals surface area (Å²) in [6, 6.07) is 6.31. The first-order valence-electron chi connectivity index (χ1n) is 11.5. The maximum absolute atomic E-state index is 13.2. The standard InChI is InChI=1S/C25H26F3N9/c1-16-8-19(25(26,27)28)13-33-34-14-21(16)23-18(9-29)12-32-24(35-23)31-11-17-4-5-22(30-10-17)37(3)20-6-7-36(2)15-20/h4-5,8,10,12-14,20,34H,1,6-7,11,15H2,2-3H3,(H,31,32,35)/b19-8+,21-14?,33-13-. The second-order valence-corrected chi connectivity index (χ2v) is 8.83. The van der Waals surface area contributed by atoms with Crippen LogP contribution in [0.1, 0.15) is 23.2 Å². The highest BCUT2D eigenvalue weighted by Gasteiger charge is 2.33. The largest absolute Gasteiger partial charge is 0.417 e. The summed E-state index contributed by atoms with van der Waals surface area (Å²) in [6.45, 7) is 6.16. The molecular formula is C25H26F3N9. The minimum absolute atomic E-state index is 0.0180. The summed E-state index contributed by atoms with van der Waals surface area (Å²) in [4.78, 5) is 17.6. The SMILES string of the molecule is C=C1/C=C(C(F)(F)F)\C=N/NC=C1c1nc(NCc2ccc(N(C)C3CCN(C)C3)nc2)ncc1C#N. The quantitative estimate of drug-likeness (QED) is 0.610. The Balaban J connectivity index is 1.49. The number of hydrogen-bond donors (Lipinski definition) is 2. The molecule has 1 unspecified atom stereocenters. The molecule has 9 nitrogen and oxygen atoms in total. The zero-order valence-corrected chi connectivity index (χ0v) is 20.4. The smallest absolute Gasteiger partial charge is 0.355 e. The minimum atomic E-state index is -4.61. The van der Waals surface area contributed by atoms with Crippen molar-refractivity contribution < 1.29 is 13.2 Å². The van der Waals surface area contributed by atoms with Gasteiger partial charge in [0, 0.05) is 44.1 Å². The Labute approximate surface area is 212 Å². The number of rotatable bonds is 6. The first-order chi connectivity index (χ1) is 17.7. The van der Waals surface area contributed by atoms with E-state index < -0.39 is 11.7 Å². The van der Waals surface area contributed by atoms with Crippen molar-refractivity contribution in [3.8, 4) is 6.07 Å². The number of nitrogens with zero attached hydrogens (tertiary/aromatic N) is 7. The molecule has 0 aliphatic carbocycles. The van der Waals surface area contributed by atoms with Crippen LogP contribution in [0.2, 0.25) is 0 Å². The lowest BCUT2D eigenvalue weighted by atomic mass is 9.99. The summed E-state index contributed by atoms with van der Waals surface area (Å²) in [6.07, 6.45) is 2.43. The van der Waals surface area contributed by atoms with Crippen LogP contribution in [0.4, 0.5) is 24.9 Å². The summed E-state index contributed by atoms with van der Waals surface area (Å²) in [5.41, 5.74) is 2.75. The third-order valence-electron chi connectivity index (χ3n) is 6.19. The van der Waals surface area contributed by atoms with Crippen molar-refractivity contribution >= 4 is 23.6 Å². The van der Waals surface area contributed by atoms with Crippen molar-refractivity contribution in [1.82, 2.24) is 25.3 Å². The van der Waals surface area contributed by atoms with Crippen LogP contribution in [0, 0.1) is 11.3 Å². The molecule has 4 heterocycles. The molecule has 2 aliphatic rings. The number of aromatic nitrogens is 3. The van der Waals surface area contributed by atoms with E-state index in [9.17, 15) is 18.4 Å². The molecule has 0 spiro atoms. The molecule has 2 N–H and O–H groups in total. The van der Waals surface area contributed by atoms with E-state index in [0.29, 0.717) is 18.8 Å². The average molecular weight is 510 g/mol. The molecule has 0 saturated carbocycles. The number of pyridine rings is 1. The maximum atomic E-state index is 13.2. The van der Waals surface area contributed by atoms with Gasteiger partial charge in [0.25, 0.3) is 0 Å². The molecule has 4 rings (SSSR count). The minimum Gasteiger partial charge on any atom is -0.355 e. The van der Waals surface area contributed by atoms with Crippen molar-refractivity contribution in [3.63, 3.8) is 0 Å². The fourth-order valence-electron chi connectivity index (χ4n) is 4.06. The Hall–Kier alpha value is -4.24. The molecular weight excluding hydrogens is 483 g/mol. The van der Waals surface area contributed by atoms with Gasteiger partial charge >= 0.3 is 6.18 Å². The monoisotopic (exact) mass is 509 g/mol. The third kappa shape index (κ3) is 6.13. The van der Waals surface area contributed by atoms with Gasteiger partial charge in [-0.1, -0.05) is 12.6 Å². The number of nitriles is 1. The van der Waals surface area contributed by atoms with Gasteiger partial charge in [0.15, 0.2) is 0 Å². The average Bonchev–Trinajstić information content (AvgIpc) is 3.30. The lowest BCUT2D eigenvalue weighted by Crippen LogP contribution is -2.34. The molecule has 12 heteroatoms. The summed E-state index contributed by atoms with van der Waals surface area (Å²) < 4.78 is 39.7. The predicted molar refractivity (Wildman–Crippen MR) is 135 cm³/mol. The number of alkyl halides is 3.